The van der Waals surface area contributed by atoms with Crippen molar-refractivity contribution in [3.05, 3.63) is 40.5 Å². The molecule has 1 aromatic carbocycles. The van der Waals surface area contributed by atoms with Crippen LogP contribution >= 0.6 is 15.9 Å². The van der Waals surface area contributed by atoms with Gasteiger partial charge in [-0.25, -0.2) is 4.98 Å². The lowest BCUT2D eigenvalue weighted by molar-refractivity contribution is 0.867. The van der Waals surface area contributed by atoms with E-state index >= 15 is 0 Å². The number of aromatic nitrogens is 2. The normalized spacial score (nSPS) is 10.7. The summed E-state index contributed by atoms with van der Waals surface area (Å²) < 4.78 is 0.842. The Morgan fingerprint density at radius 1 is 1.30 bits per heavy atom. The predicted octanol–water partition coefficient (Wildman–Crippen LogP) is 4.54. The van der Waals surface area contributed by atoms with Crippen molar-refractivity contribution >= 4 is 33.4 Å². The molecule has 0 atom stereocenters. The average molecular weight is 335 g/mol. The van der Waals surface area contributed by atoms with Crippen molar-refractivity contribution in [2.45, 2.75) is 26.7 Å². The molecule has 0 amide bonds. The predicted molar refractivity (Wildman–Crippen MR) is 87.7 cm³/mol. The molecule has 2 rings (SSSR count). The maximum atomic E-state index is 4.45. The first-order valence-electron chi connectivity index (χ1n) is 6.73. The highest BCUT2D eigenvalue weighted by Crippen LogP contribution is 2.26. The summed E-state index contributed by atoms with van der Waals surface area (Å²) in [5.74, 6) is 1.89. The lowest BCUT2D eigenvalue weighted by Gasteiger charge is -2.12. The molecule has 2 aromatic rings. The van der Waals surface area contributed by atoms with Crippen LogP contribution in [0.25, 0.3) is 0 Å². The van der Waals surface area contributed by atoms with Gasteiger partial charge >= 0.3 is 0 Å². The van der Waals surface area contributed by atoms with Crippen LogP contribution in [0.15, 0.2) is 34.9 Å². The van der Waals surface area contributed by atoms with Gasteiger partial charge in [0.1, 0.15) is 5.82 Å². The molecular formula is C15H19BrN4. The van der Waals surface area contributed by atoms with E-state index in [9.17, 15) is 0 Å². The van der Waals surface area contributed by atoms with Crippen molar-refractivity contribution in [2.75, 3.05) is 17.2 Å². The van der Waals surface area contributed by atoms with Gasteiger partial charge in [-0.05, 0) is 46.5 Å². The topological polar surface area (TPSA) is 49.8 Å². The number of anilines is 3. The third kappa shape index (κ3) is 3.70. The van der Waals surface area contributed by atoms with E-state index in [0.717, 1.165) is 22.5 Å². The standard InChI is InChI=1S/C15H19BrN4/c1-4-17-15-18-9-13(16)14(20-15)19-12-7-5-6-11(8-12)10(2)3/h5-10H,4H2,1-3H3,(H2,17,18,19,20). The molecule has 0 saturated carbocycles. The first kappa shape index (κ1) is 14.8. The minimum atomic E-state index is 0.503. The molecule has 4 nitrogen and oxygen atoms in total. The highest BCUT2D eigenvalue weighted by Gasteiger charge is 2.06. The maximum Gasteiger partial charge on any atom is 0.224 e. The summed E-state index contributed by atoms with van der Waals surface area (Å²) >= 11 is 3.47. The summed E-state index contributed by atoms with van der Waals surface area (Å²) in [5.41, 5.74) is 2.32. The van der Waals surface area contributed by atoms with E-state index < -0.39 is 0 Å². The second-order valence-corrected chi connectivity index (χ2v) is 5.68. The molecule has 0 spiro atoms. The van der Waals surface area contributed by atoms with E-state index in [1.54, 1.807) is 6.20 Å². The molecule has 0 aliphatic rings. The smallest absolute Gasteiger partial charge is 0.224 e. The van der Waals surface area contributed by atoms with Gasteiger partial charge < -0.3 is 10.6 Å². The molecule has 0 aliphatic carbocycles. The SMILES string of the molecule is CCNc1ncc(Br)c(Nc2cccc(C(C)C)c2)n1. The minimum absolute atomic E-state index is 0.503. The molecule has 0 fully saturated rings. The van der Waals surface area contributed by atoms with Crippen LogP contribution in [0.1, 0.15) is 32.3 Å². The average Bonchev–Trinajstić information content (AvgIpc) is 2.43. The van der Waals surface area contributed by atoms with Crippen molar-refractivity contribution in [1.82, 2.24) is 9.97 Å². The van der Waals surface area contributed by atoms with Crippen molar-refractivity contribution in [2.24, 2.45) is 0 Å². The van der Waals surface area contributed by atoms with Gasteiger partial charge in [-0.1, -0.05) is 26.0 Å². The largest absolute Gasteiger partial charge is 0.354 e. The number of hydrogen-bond donors (Lipinski definition) is 2. The van der Waals surface area contributed by atoms with Gasteiger partial charge in [-0.3, -0.25) is 0 Å². The lowest BCUT2D eigenvalue weighted by Crippen LogP contribution is -2.04. The van der Waals surface area contributed by atoms with Gasteiger partial charge in [0.25, 0.3) is 0 Å². The number of hydrogen-bond acceptors (Lipinski definition) is 4. The van der Waals surface area contributed by atoms with Gasteiger partial charge in [-0.15, -0.1) is 0 Å². The molecular weight excluding hydrogens is 316 g/mol. The molecule has 0 unspecified atom stereocenters. The Morgan fingerprint density at radius 2 is 2.10 bits per heavy atom. The summed E-state index contributed by atoms with van der Waals surface area (Å²) in [7, 11) is 0. The number of nitrogens with zero attached hydrogens (tertiary/aromatic N) is 2. The van der Waals surface area contributed by atoms with Crippen LogP contribution in [0.3, 0.4) is 0 Å². The highest BCUT2D eigenvalue weighted by atomic mass is 79.9. The first-order chi connectivity index (χ1) is 9.60. The van der Waals surface area contributed by atoms with Crippen LogP contribution in [0.4, 0.5) is 17.5 Å². The summed E-state index contributed by atoms with van der Waals surface area (Å²) in [4.78, 5) is 8.66. The third-order valence-corrected chi connectivity index (χ3v) is 3.48. The Hall–Kier alpha value is -1.62. The van der Waals surface area contributed by atoms with Crippen molar-refractivity contribution in [3.8, 4) is 0 Å². The van der Waals surface area contributed by atoms with E-state index in [0.29, 0.717) is 11.9 Å². The zero-order valence-corrected chi connectivity index (χ0v) is 13.5. The number of halogens is 1. The molecule has 5 heteroatoms. The molecule has 1 heterocycles. The Balaban J connectivity index is 2.24. The van der Waals surface area contributed by atoms with E-state index in [2.05, 4.69) is 68.6 Å². The third-order valence-electron chi connectivity index (χ3n) is 2.90. The fourth-order valence-electron chi connectivity index (χ4n) is 1.81. The highest BCUT2D eigenvalue weighted by molar-refractivity contribution is 9.10. The van der Waals surface area contributed by atoms with Crippen molar-refractivity contribution in [1.29, 1.82) is 0 Å². The van der Waals surface area contributed by atoms with Crippen LogP contribution < -0.4 is 10.6 Å². The number of rotatable bonds is 5. The summed E-state index contributed by atoms with van der Waals surface area (Å²) in [5, 5.41) is 6.44. The first-order valence-corrected chi connectivity index (χ1v) is 7.53. The fraction of sp³-hybridized carbons (Fsp3) is 0.333. The van der Waals surface area contributed by atoms with Crippen LogP contribution in [0, 0.1) is 0 Å². The molecule has 0 radical (unpaired) electrons. The van der Waals surface area contributed by atoms with Crippen LogP contribution in [-0.2, 0) is 0 Å². The molecule has 1 aromatic heterocycles. The van der Waals surface area contributed by atoms with Gasteiger partial charge in [0, 0.05) is 18.4 Å². The van der Waals surface area contributed by atoms with Gasteiger partial charge in [-0.2, -0.15) is 4.98 Å². The molecule has 0 bridgehead atoms. The van der Waals surface area contributed by atoms with Crippen LogP contribution in [0.5, 0.6) is 0 Å². The molecule has 20 heavy (non-hydrogen) atoms. The quantitative estimate of drug-likeness (QED) is 0.842. The maximum absolute atomic E-state index is 4.45. The summed E-state index contributed by atoms with van der Waals surface area (Å²) in [6.45, 7) is 7.18. The zero-order valence-electron chi connectivity index (χ0n) is 11.9. The Kier molecular flexibility index (Phi) is 4.95. The second kappa shape index (κ2) is 6.70. The molecule has 0 saturated heterocycles. The Bertz CT molecular complexity index is 584. The Labute approximate surface area is 128 Å². The van der Waals surface area contributed by atoms with E-state index in [1.165, 1.54) is 5.56 Å². The molecule has 2 N–H and O–H groups in total. The lowest BCUT2D eigenvalue weighted by atomic mass is 10.0. The minimum Gasteiger partial charge on any atom is -0.354 e. The fourth-order valence-corrected chi connectivity index (χ4v) is 2.10. The number of benzene rings is 1. The van der Waals surface area contributed by atoms with E-state index in [-0.39, 0.29) is 0 Å². The Morgan fingerprint density at radius 3 is 2.80 bits per heavy atom. The molecule has 106 valence electrons. The van der Waals surface area contributed by atoms with E-state index in [4.69, 9.17) is 0 Å². The van der Waals surface area contributed by atoms with Crippen LogP contribution in [0.2, 0.25) is 0 Å². The van der Waals surface area contributed by atoms with Gasteiger partial charge in [0.05, 0.1) is 4.47 Å². The zero-order chi connectivity index (χ0) is 14.5. The van der Waals surface area contributed by atoms with Gasteiger partial charge in [0.15, 0.2) is 0 Å². The summed E-state index contributed by atoms with van der Waals surface area (Å²) in [6.07, 6.45) is 1.75. The van der Waals surface area contributed by atoms with Crippen LogP contribution in [-0.4, -0.2) is 16.5 Å². The van der Waals surface area contributed by atoms with Crippen molar-refractivity contribution in [3.63, 3.8) is 0 Å². The van der Waals surface area contributed by atoms with E-state index in [1.807, 2.05) is 13.0 Å². The molecule has 0 aliphatic heterocycles. The summed E-state index contributed by atoms with van der Waals surface area (Å²) in [6, 6.07) is 8.37. The van der Waals surface area contributed by atoms with Gasteiger partial charge in [0.2, 0.25) is 5.95 Å². The van der Waals surface area contributed by atoms with Crippen molar-refractivity contribution < 1.29 is 0 Å². The second-order valence-electron chi connectivity index (χ2n) is 4.83. The number of nitrogens with one attached hydrogen (secondary N) is 2. The monoisotopic (exact) mass is 334 g/mol.